The van der Waals surface area contributed by atoms with Gasteiger partial charge in [-0.1, -0.05) is 65.3 Å². The first-order valence-electron chi connectivity index (χ1n) is 19.7. The molecule has 4 aliphatic carbocycles. The first-order valence-corrected chi connectivity index (χ1v) is 19.7. The van der Waals surface area contributed by atoms with Crippen molar-refractivity contribution in [3.05, 3.63) is 23.8 Å². The first-order chi connectivity index (χ1) is 23.7. The minimum Gasteiger partial charge on any atom is -0.394 e. The second kappa shape index (κ2) is 15.4. The van der Waals surface area contributed by atoms with E-state index >= 15 is 0 Å². The van der Waals surface area contributed by atoms with Crippen molar-refractivity contribution >= 4 is 0 Å². The maximum absolute atomic E-state index is 10.9. The largest absolute Gasteiger partial charge is 0.394 e. The van der Waals surface area contributed by atoms with Crippen LogP contribution in [0.2, 0.25) is 0 Å². The second-order valence-electron chi connectivity index (χ2n) is 17.6. The Balaban J connectivity index is 1.12. The molecule has 0 aromatic rings. The van der Waals surface area contributed by atoms with E-state index in [0.29, 0.717) is 35.0 Å². The van der Waals surface area contributed by atoms with Crippen LogP contribution < -0.4 is 0 Å². The summed E-state index contributed by atoms with van der Waals surface area (Å²) in [5.74, 6) is 4.78. The molecular formula is C40H66O10. The van der Waals surface area contributed by atoms with Gasteiger partial charge in [0, 0.05) is 0 Å². The maximum Gasteiger partial charge on any atom is 0.187 e. The molecule has 50 heavy (non-hydrogen) atoms. The molecule has 2 heterocycles. The molecule has 2 saturated heterocycles. The third-order valence-corrected chi connectivity index (χ3v) is 14.7. The Hall–Kier alpha value is -0.920. The lowest BCUT2D eigenvalue weighted by Crippen LogP contribution is -2.63. The van der Waals surface area contributed by atoms with E-state index in [2.05, 4.69) is 59.8 Å². The number of rotatable bonds is 10. The average molecular weight is 707 g/mol. The van der Waals surface area contributed by atoms with Gasteiger partial charge in [-0.05, 0) is 110 Å². The lowest BCUT2D eigenvalue weighted by molar-refractivity contribution is -0.361. The number of hydrogen-bond donors (Lipinski definition) is 6. The number of aliphatic hydroxyl groups is 6. The van der Waals surface area contributed by atoms with E-state index in [1.807, 2.05) is 0 Å². The Kier molecular flexibility index (Phi) is 12.0. The Bertz CT molecular complexity index is 1210. The van der Waals surface area contributed by atoms with Gasteiger partial charge < -0.3 is 49.6 Å². The van der Waals surface area contributed by atoms with Crippen molar-refractivity contribution in [3.63, 3.8) is 0 Å². The molecule has 0 aromatic heterocycles. The van der Waals surface area contributed by atoms with Crippen LogP contribution in [0.25, 0.3) is 0 Å². The van der Waals surface area contributed by atoms with Gasteiger partial charge in [-0.25, -0.2) is 0 Å². The molecule has 18 atom stereocenters. The highest BCUT2D eigenvalue weighted by Gasteiger charge is 2.59. The van der Waals surface area contributed by atoms with E-state index in [4.69, 9.17) is 18.9 Å². The van der Waals surface area contributed by atoms with Gasteiger partial charge in [-0.3, -0.25) is 0 Å². The summed E-state index contributed by atoms with van der Waals surface area (Å²) in [6.45, 7) is 13.8. The lowest BCUT2D eigenvalue weighted by Gasteiger charge is -2.58. The molecule has 2 aliphatic heterocycles. The summed E-state index contributed by atoms with van der Waals surface area (Å²) in [6, 6.07) is 0. The number of allylic oxidation sites excluding steroid dienone is 3. The molecule has 0 unspecified atom stereocenters. The summed E-state index contributed by atoms with van der Waals surface area (Å²) in [4.78, 5) is 0. The van der Waals surface area contributed by atoms with Crippen LogP contribution >= 0.6 is 0 Å². The molecule has 3 saturated carbocycles. The molecule has 10 heteroatoms. The molecule has 0 aromatic carbocycles. The van der Waals surface area contributed by atoms with Gasteiger partial charge >= 0.3 is 0 Å². The van der Waals surface area contributed by atoms with Crippen molar-refractivity contribution < 1.29 is 49.6 Å². The van der Waals surface area contributed by atoms with Crippen LogP contribution in [-0.4, -0.2) is 105 Å². The fourth-order valence-electron chi connectivity index (χ4n) is 11.5. The molecule has 6 aliphatic rings. The van der Waals surface area contributed by atoms with Crippen molar-refractivity contribution in [1.82, 2.24) is 0 Å². The maximum atomic E-state index is 10.9. The van der Waals surface area contributed by atoms with Crippen molar-refractivity contribution in [2.24, 2.45) is 52.3 Å². The zero-order valence-electron chi connectivity index (χ0n) is 31.1. The van der Waals surface area contributed by atoms with Gasteiger partial charge in [-0.2, -0.15) is 0 Å². The summed E-state index contributed by atoms with van der Waals surface area (Å²) in [6.07, 6.45) is 5.05. The highest BCUT2D eigenvalue weighted by Crippen LogP contribution is 2.67. The van der Waals surface area contributed by atoms with Crippen LogP contribution in [0.5, 0.6) is 0 Å². The average Bonchev–Trinajstić information content (AvgIpc) is 3.45. The summed E-state index contributed by atoms with van der Waals surface area (Å²) in [5.41, 5.74) is 1.95. The van der Waals surface area contributed by atoms with Crippen molar-refractivity contribution in [3.8, 4) is 0 Å². The normalized spacial score (nSPS) is 49.3. The SMILES string of the molecule is CC[C@H](/C=C/[C@@H](C)[C@H]1CC[C@H]2[C@@H]3CC=C4C[C@@H](O[C@@H]5OC[C@H](O)[C@H](O)[C@H]5O[C@@H]5O[C@H](CO)[C@@H](O)[C@H](O)[C@H]5O)CC[C@]4(C)[C@H]3CC[C@]12C)C(C)C. The smallest absolute Gasteiger partial charge is 0.187 e. The van der Waals surface area contributed by atoms with Gasteiger partial charge in [0.2, 0.25) is 0 Å². The van der Waals surface area contributed by atoms with Crippen molar-refractivity contribution in [1.29, 1.82) is 0 Å². The van der Waals surface area contributed by atoms with E-state index in [9.17, 15) is 30.6 Å². The number of aliphatic hydroxyl groups excluding tert-OH is 6. The molecule has 0 bridgehead atoms. The second-order valence-corrected chi connectivity index (χ2v) is 17.6. The summed E-state index contributed by atoms with van der Waals surface area (Å²) in [7, 11) is 0. The molecule has 0 radical (unpaired) electrons. The number of ether oxygens (including phenoxy) is 4. The van der Waals surface area contributed by atoms with Crippen molar-refractivity contribution in [2.45, 2.75) is 161 Å². The molecule has 6 rings (SSSR count). The van der Waals surface area contributed by atoms with Gasteiger partial charge in [0.05, 0.1) is 19.3 Å². The highest BCUT2D eigenvalue weighted by atomic mass is 16.8. The van der Waals surface area contributed by atoms with E-state index in [1.165, 1.54) is 37.7 Å². The Morgan fingerprint density at radius 1 is 0.880 bits per heavy atom. The molecule has 0 spiro atoms. The summed E-state index contributed by atoms with van der Waals surface area (Å²) >= 11 is 0. The Morgan fingerprint density at radius 2 is 1.64 bits per heavy atom. The third kappa shape index (κ3) is 7.05. The standard InChI is InChI=1S/C40H66O10/c1-7-23(21(2)3)9-8-22(4)27-12-13-28-26-11-10-24-18-25(14-16-39(24,5)29(26)15-17-40(27,28)6)48-38-36(32(43)30(42)20-47-38)50-37-35(46)34(45)33(44)31(19-41)49-37/h8-10,21-23,25-38,41-46H,7,11-20H2,1-6H3/b9-8+/t22-,23-,25+,26+,27-,28+,29+,30+,31-,32+,33-,34+,35-,36-,37+,38+,39+,40-/m1/s1. The number of fused-ring (bicyclic) bond motifs is 5. The quantitative estimate of drug-likeness (QED) is 0.183. The Morgan fingerprint density at radius 3 is 2.34 bits per heavy atom. The molecular weight excluding hydrogens is 640 g/mol. The summed E-state index contributed by atoms with van der Waals surface area (Å²) < 4.78 is 23.8. The molecule has 286 valence electrons. The van der Waals surface area contributed by atoms with Crippen LogP contribution in [-0.2, 0) is 18.9 Å². The van der Waals surface area contributed by atoms with Crippen LogP contribution in [0.15, 0.2) is 23.8 Å². The van der Waals surface area contributed by atoms with E-state index in [0.717, 1.165) is 37.5 Å². The molecule has 0 amide bonds. The van der Waals surface area contributed by atoms with Gasteiger partial charge in [-0.15, -0.1) is 0 Å². The van der Waals surface area contributed by atoms with Gasteiger partial charge in [0.25, 0.3) is 0 Å². The monoisotopic (exact) mass is 706 g/mol. The van der Waals surface area contributed by atoms with Gasteiger partial charge in [0.15, 0.2) is 12.6 Å². The fourth-order valence-corrected chi connectivity index (χ4v) is 11.5. The predicted molar refractivity (Wildman–Crippen MR) is 187 cm³/mol. The highest BCUT2D eigenvalue weighted by molar-refractivity contribution is 5.26. The predicted octanol–water partition coefficient (Wildman–Crippen LogP) is 4.09. The van der Waals surface area contributed by atoms with Crippen LogP contribution in [0.1, 0.15) is 99.3 Å². The van der Waals surface area contributed by atoms with Gasteiger partial charge in [0.1, 0.15) is 42.7 Å². The molecule has 10 nitrogen and oxygen atoms in total. The zero-order chi connectivity index (χ0) is 36.1. The van der Waals surface area contributed by atoms with Crippen LogP contribution in [0.3, 0.4) is 0 Å². The van der Waals surface area contributed by atoms with E-state index in [-0.39, 0.29) is 18.1 Å². The zero-order valence-corrected chi connectivity index (χ0v) is 31.1. The van der Waals surface area contributed by atoms with Crippen LogP contribution in [0.4, 0.5) is 0 Å². The summed E-state index contributed by atoms with van der Waals surface area (Å²) in [5, 5.41) is 62.0. The number of hydrogen-bond acceptors (Lipinski definition) is 10. The molecule has 6 N–H and O–H groups in total. The van der Waals surface area contributed by atoms with Crippen molar-refractivity contribution in [2.75, 3.05) is 13.2 Å². The Labute approximate surface area is 299 Å². The van der Waals surface area contributed by atoms with Crippen LogP contribution in [0, 0.1) is 52.3 Å². The fraction of sp³-hybridized carbons (Fsp3) is 0.900. The first kappa shape index (κ1) is 38.8. The molecule has 5 fully saturated rings. The minimum atomic E-state index is -1.65. The van der Waals surface area contributed by atoms with E-state index < -0.39 is 61.9 Å². The van der Waals surface area contributed by atoms with E-state index in [1.54, 1.807) is 0 Å². The topological polar surface area (TPSA) is 158 Å². The lowest BCUT2D eigenvalue weighted by atomic mass is 9.47. The third-order valence-electron chi connectivity index (χ3n) is 14.7. The minimum absolute atomic E-state index is 0.120.